The number of hydrazine groups is 2. The van der Waals surface area contributed by atoms with E-state index in [-0.39, 0.29) is 29.3 Å². The Morgan fingerprint density at radius 2 is 2.06 bits per heavy atom. The van der Waals surface area contributed by atoms with Crippen LogP contribution in [0.4, 0.5) is 24.5 Å². The third-order valence-corrected chi connectivity index (χ3v) is 4.68. The standard InChI is InChI=1S/C20H15F3N6O2/c1-28-17-9-15(25-16(10-24)19(17)26-27-28)12-5-6-18(14(8-12)20(21,22)23)31-11-13-4-2-3-7-29(13)30/h2-9,26-27H,11H2,1H3. The number of rotatable bonds is 4. The highest BCUT2D eigenvalue weighted by molar-refractivity contribution is 5.81. The molecule has 4 rings (SSSR count). The van der Waals surface area contributed by atoms with Crippen LogP contribution in [0.5, 0.6) is 5.75 Å². The summed E-state index contributed by atoms with van der Waals surface area (Å²) in [7, 11) is 1.69. The van der Waals surface area contributed by atoms with Crippen molar-refractivity contribution in [3.05, 3.63) is 70.8 Å². The van der Waals surface area contributed by atoms with Crippen LogP contribution >= 0.6 is 0 Å². The summed E-state index contributed by atoms with van der Waals surface area (Å²) in [5.74, 6) is -0.415. The molecule has 31 heavy (non-hydrogen) atoms. The Kier molecular flexibility index (Phi) is 5.00. The number of nitrogens with one attached hydrogen (secondary N) is 2. The van der Waals surface area contributed by atoms with Gasteiger partial charge in [-0.3, -0.25) is 10.4 Å². The molecule has 0 bridgehead atoms. The topological polar surface area (TPSA) is 100 Å². The zero-order chi connectivity index (χ0) is 22.2. The molecule has 0 aliphatic carbocycles. The summed E-state index contributed by atoms with van der Waals surface area (Å²) in [4.78, 5) is 4.18. The number of pyridine rings is 2. The largest absolute Gasteiger partial charge is 0.618 e. The highest BCUT2D eigenvalue weighted by Crippen LogP contribution is 2.40. The first-order valence-corrected chi connectivity index (χ1v) is 9.00. The van der Waals surface area contributed by atoms with Gasteiger partial charge in [-0.25, -0.2) is 4.98 Å². The Labute approximate surface area is 174 Å². The lowest BCUT2D eigenvalue weighted by Crippen LogP contribution is -2.31. The van der Waals surface area contributed by atoms with Crippen LogP contribution in [0.25, 0.3) is 11.3 Å². The minimum Gasteiger partial charge on any atom is -0.618 e. The second-order valence-electron chi connectivity index (χ2n) is 6.67. The monoisotopic (exact) mass is 428 g/mol. The van der Waals surface area contributed by atoms with Crippen LogP contribution in [0.15, 0.2) is 48.7 Å². The van der Waals surface area contributed by atoms with Crippen LogP contribution in [-0.4, -0.2) is 12.0 Å². The van der Waals surface area contributed by atoms with Gasteiger partial charge in [-0.1, -0.05) is 0 Å². The first-order valence-electron chi connectivity index (χ1n) is 9.00. The fourth-order valence-corrected chi connectivity index (χ4v) is 3.11. The van der Waals surface area contributed by atoms with E-state index in [1.54, 1.807) is 24.2 Å². The number of aromatic nitrogens is 2. The SMILES string of the molecule is CN1NNc2c1cc(-c1ccc(OCc3cccc[n+]3[O-])c(C(F)(F)F)c1)nc2C#N. The van der Waals surface area contributed by atoms with Gasteiger partial charge >= 0.3 is 6.18 Å². The van der Waals surface area contributed by atoms with Crippen molar-refractivity contribution in [3.8, 4) is 23.1 Å². The van der Waals surface area contributed by atoms with Crippen molar-refractivity contribution in [2.45, 2.75) is 12.8 Å². The van der Waals surface area contributed by atoms with E-state index in [9.17, 15) is 23.6 Å². The van der Waals surface area contributed by atoms with Crippen molar-refractivity contribution < 1.29 is 22.6 Å². The molecule has 158 valence electrons. The lowest BCUT2D eigenvalue weighted by atomic mass is 10.0. The third-order valence-electron chi connectivity index (χ3n) is 4.68. The fourth-order valence-electron chi connectivity index (χ4n) is 3.11. The van der Waals surface area contributed by atoms with Crippen molar-refractivity contribution in [1.82, 2.24) is 10.5 Å². The number of nitrogens with zero attached hydrogens (tertiary/aromatic N) is 4. The van der Waals surface area contributed by atoms with Crippen molar-refractivity contribution in [3.63, 3.8) is 0 Å². The number of halogens is 3. The van der Waals surface area contributed by atoms with Crippen molar-refractivity contribution in [2.75, 3.05) is 17.5 Å². The first kappa shape index (κ1) is 20.2. The van der Waals surface area contributed by atoms with Crippen LogP contribution in [0.3, 0.4) is 0 Å². The summed E-state index contributed by atoms with van der Waals surface area (Å²) in [6.07, 6.45) is -3.47. The van der Waals surface area contributed by atoms with E-state index in [4.69, 9.17) is 4.74 Å². The molecular formula is C20H15F3N6O2. The van der Waals surface area contributed by atoms with Crippen LogP contribution in [0.1, 0.15) is 17.0 Å². The molecule has 11 heteroatoms. The van der Waals surface area contributed by atoms with Gasteiger partial charge in [0, 0.05) is 24.7 Å². The number of ether oxygens (including phenoxy) is 1. The molecule has 0 radical (unpaired) electrons. The summed E-state index contributed by atoms with van der Waals surface area (Å²) in [6, 6.07) is 11.6. The Morgan fingerprint density at radius 3 is 2.77 bits per heavy atom. The molecular weight excluding hydrogens is 413 g/mol. The molecule has 3 heterocycles. The van der Waals surface area contributed by atoms with Crippen LogP contribution in [0.2, 0.25) is 0 Å². The minimum atomic E-state index is -4.70. The zero-order valence-corrected chi connectivity index (χ0v) is 16.1. The Bertz CT molecular complexity index is 1190. The van der Waals surface area contributed by atoms with Gasteiger partial charge in [0.25, 0.3) is 0 Å². The fraction of sp³-hybridized carbons (Fsp3) is 0.150. The second kappa shape index (κ2) is 7.66. The average molecular weight is 428 g/mol. The van der Waals surface area contributed by atoms with E-state index in [0.29, 0.717) is 16.1 Å². The number of hydrogen-bond acceptors (Lipinski definition) is 7. The first-order chi connectivity index (χ1) is 14.8. The predicted molar refractivity (Wildman–Crippen MR) is 104 cm³/mol. The summed E-state index contributed by atoms with van der Waals surface area (Å²) in [5.41, 5.74) is 6.16. The van der Waals surface area contributed by atoms with E-state index in [2.05, 4.69) is 15.9 Å². The summed E-state index contributed by atoms with van der Waals surface area (Å²) >= 11 is 0. The molecule has 0 atom stereocenters. The Hall–Kier alpha value is -4.04. The van der Waals surface area contributed by atoms with Crippen LogP contribution < -0.4 is 25.4 Å². The molecule has 8 nitrogen and oxygen atoms in total. The molecule has 2 aromatic heterocycles. The molecule has 0 spiro atoms. The number of hydrogen-bond donors (Lipinski definition) is 2. The molecule has 3 aromatic rings. The normalized spacial score (nSPS) is 12.8. The van der Waals surface area contributed by atoms with Crippen molar-refractivity contribution >= 4 is 11.4 Å². The number of benzene rings is 1. The van der Waals surface area contributed by atoms with Gasteiger partial charge in [0.1, 0.15) is 17.5 Å². The number of alkyl halides is 3. The maximum absolute atomic E-state index is 13.7. The molecule has 0 fully saturated rings. The van der Waals surface area contributed by atoms with Crippen LogP contribution in [-0.2, 0) is 12.8 Å². The molecule has 1 aliphatic heterocycles. The van der Waals surface area contributed by atoms with Gasteiger partial charge < -0.3 is 9.94 Å². The molecule has 0 amide bonds. The average Bonchev–Trinajstić information content (AvgIpc) is 3.12. The highest BCUT2D eigenvalue weighted by atomic mass is 19.4. The number of nitriles is 1. The predicted octanol–water partition coefficient (Wildman–Crippen LogP) is 3.13. The highest BCUT2D eigenvalue weighted by Gasteiger charge is 2.35. The minimum absolute atomic E-state index is 0.0438. The van der Waals surface area contributed by atoms with E-state index < -0.39 is 17.5 Å². The van der Waals surface area contributed by atoms with E-state index in [0.717, 1.165) is 6.07 Å². The van der Waals surface area contributed by atoms with Gasteiger partial charge in [0.05, 0.1) is 16.9 Å². The van der Waals surface area contributed by atoms with Gasteiger partial charge in [0.15, 0.2) is 18.5 Å². The van der Waals surface area contributed by atoms with Gasteiger partial charge in [-0.05, 0) is 30.3 Å². The number of fused-ring (bicyclic) bond motifs is 1. The Balaban J connectivity index is 1.72. The summed E-state index contributed by atoms with van der Waals surface area (Å²) in [5, 5.41) is 22.7. The van der Waals surface area contributed by atoms with Gasteiger partial charge in [-0.15, -0.1) is 5.53 Å². The molecule has 0 unspecified atom stereocenters. The molecule has 1 aromatic carbocycles. The maximum Gasteiger partial charge on any atom is 0.419 e. The second-order valence-corrected chi connectivity index (χ2v) is 6.67. The molecule has 1 aliphatic rings. The molecule has 0 saturated heterocycles. The summed E-state index contributed by atoms with van der Waals surface area (Å²) in [6.45, 7) is -0.329. The van der Waals surface area contributed by atoms with E-state index in [1.165, 1.54) is 30.5 Å². The Morgan fingerprint density at radius 1 is 1.26 bits per heavy atom. The van der Waals surface area contributed by atoms with E-state index in [1.807, 2.05) is 6.07 Å². The summed E-state index contributed by atoms with van der Waals surface area (Å²) < 4.78 is 47.0. The smallest absolute Gasteiger partial charge is 0.419 e. The lowest BCUT2D eigenvalue weighted by molar-refractivity contribution is -0.616. The zero-order valence-electron chi connectivity index (χ0n) is 16.1. The van der Waals surface area contributed by atoms with Crippen molar-refractivity contribution in [1.29, 1.82) is 5.26 Å². The third kappa shape index (κ3) is 3.88. The van der Waals surface area contributed by atoms with Gasteiger partial charge in [0.2, 0.25) is 5.69 Å². The van der Waals surface area contributed by atoms with Crippen LogP contribution in [0, 0.1) is 16.5 Å². The molecule has 0 saturated carbocycles. The van der Waals surface area contributed by atoms with Gasteiger partial charge in [-0.2, -0.15) is 23.2 Å². The number of anilines is 2. The van der Waals surface area contributed by atoms with E-state index >= 15 is 0 Å². The maximum atomic E-state index is 13.7. The lowest BCUT2D eigenvalue weighted by Gasteiger charge is -2.16. The molecule has 2 N–H and O–H groups in total. The quantitative estimate of drug-likeness (QED) is 0.486. The van der Waals surface area contributed by atoms with Crippen molar-refractivity contribution in [2.24, 2.45) is 0 Å².